The number of nitrogens with two attached hydrogens (primary N) is 1. The van der Waals surface area contributed by atoms with Crippen LogP contribution in [0.25, 0.3) is 11.2 Å². The highest BCUT2D eigenvalue weighted by atomic mass is 16.3. The van der Waals surface area contributed by atoms with Crippen molar-refractivity contribution in [3.05, 3.63) is 12.7 Å². The smallest absolute Gasteiger partial charge is 0.165 e. The summed E-state index contributed by atoms with van der Waals surface area (Å²) < 4.78 is 1.93. The summed E-state index contributed by atoms with van der Waals surface area (Å²) in [5.74, 6) is 0.382. The van der Waals surface area contributed by atoms with Crippen LogP contribution >= 0.6 is 0 Å². The Morgan fingerprint density at radius 1 is 1.14 bits per heavy atom. The van der Waals surface area contributed by atoms with Gasteiger partial charge in [-0.3, -0.25) is 0 Å². The molecule has 0 aliphatic heterocycles. The van der Waals surface area contributed by atoms with Crippen molar-refractivity contribution in [1.29, 1.82) is 0 Å². The lowest BCUT2D eigenvalue weighted by molar-refractivity contribution is 0.124. The van der Waals surface area contributed by atoms with Gasteiger partial charge in [-0.1, -0.05) is 45.4 Å². The van der Waals surface area contributed by atoms with Gasteiger partial charge in [0.25, 0.3) is 0 Å². The normalized spacial score (nSPS) is 14.3. The first-order valence-electron chi connectivity index (χ1n) is 8.26. The summed E-state index contributed by atoms with van der Waals surface area (Å²) in [4.78, 5) is 12.5. The van der Waals surface area contributed by atoms with Gasteiger partial charge in [0.15, 0.2) is 11.5 Å². The molecule has 0 aliphatic carbocycles. The van der Waals surface area contributed by atoms with Crippen molar-refractivity contribution in [2.75, 3.05) is 5.73 Å². The summed E-state index contributed by atoms with van der Waals surface area (Å²) in [6, 6.07) is -0.0227. The Labute approximate surface area is 131 Å². The minimum Gasteiger partial charge on any atom is -0.391 e. The Morgan fingerprint density at radius 2 is 1.86 bits per heavy atom. The van der Waals surface area contributed by atoms with Gasteiger partial charge < -0.3 is 15.4 Å². The molecule has 2 atom stereocenters. The molecule has 0 amide bonds. The second kappa shape index (κ2) is 8.08. The van der Waals surface area contributed by atoms with E-state index < -0.39 is 6.10 Å². The summed E-state index contributed by atoms with van der Waals surface area (Å²) in [6.45, 7) is 4.04. The first-order chi connectivity index (χ1) is 10.6. The molecule has 2 heterocycles. The van der Waals surface area contributed by atoms with Crippen LogP contribution in [0.4, 0.5) is 5.82 Å². The van der Waals surface area contributed by atoms with Gasteiger partial charge in [0.1, 0.15) is 11.8 Å². The summed E-state index contributed by atoms with van der Waals surface area (Å²) in [5, 5.41) is 10.1. The van der Waals surface area contributed by atoms with Crippen molar-refractivity contribution < 1.29 is 5.11 Å². The molecule has 2 aromatic rings. The molecule has 3 N–H and O–H groups in total. The van der Waals surface area contributed by atoms with Gasteiger partial charge in [0, 0.05) is 0 Å². The number of nitrogens with zero attached hydrogens (tertiary/aromatic N) is 4. The number of hydrogen-bond donors (Lipinski definition) is 2. The van der Waals surface area contributed by atoms with Crippen molar-refractivity contribution in [3.63, 3.8) is 0 Å². The van der Waals surface area contributed by atoms with Crippen LogP contribution in [-0.4, -0.2) is 30.7 Å². The number of aliphatic hydroxyl groups is 1. The maximum Gasteiger partial charge on any atom is 0.165 e. The molecule has 122 valence electrons. The standard InChI is InChI=1S/C16H27N5O/c1-3-4-5-6-7-8-9-13(12(2)22)21-11-20-14-15(17)18-10-19-16(14)21/h10-13,22H,3-9H2,1-2H3,(H2,17,18,19)/t12-,13+/m0/s1. The van der Waals surface area contributed by atoms with E-state index >= 15 is 0 Å². The zero-order valence-corrected chi connectivity index (χ0v) is 13.6. The lowest BCUT2D eigenvalue weighted by Gasteiger charge is -2.21. The van der Waals surface area contributed by atoms with Gasteiger partial charge in [-0.25, -0.2) is 15.0 Å². The average molecular weight is 305 g/mol. The number of fused-ring (bicyclic) bond motifs is 1. The van der Waals surface area contributed by atoms with E-state index in [9.17, 15) is 5.11 Å². The zero-order chi connectivity index (χ0) is 15.9. The molecule has 0 radical (unpaired) electrons. The summed E-state index contributed by atoms with van der Waals surface area (Å²) in [5.41, 5.74) is 7.13. The maximum atomic E-state index is 10.1. The van der Waals surface area contributed by atoms with Crippen LogP contribution in [0, 0.1) is 0 Å². The molecule has 6 nitrogen and oxygen atoms in total. The molecule has 2 rings (SSSR count). The van der Waals surface area contributed by atoms with E-state index in [2.05, 4.69) is 21.9 Å². The number of hydrogen-bond acceptors (Lipinski definition) is 5. The molecule has 0 unspecified atom stereocenters. The number of imidazole rings is 1. The fourth-order valence-corrected chi connectivity index (χ4v) is 2.86. The third kappa shape index (κ3) is 3.94. The number of unbranched alkanes of at least 4 members (excludes halogenated alkanes) is 5. The van der Waals surface area contributed by atoms with E-state index in [1.165, 1.54) is 38.4 Å². The average Bonchev–Trinajstić information content (AvgIpc) is 2.91. The van der Waals surface area contributed by atoms with Gasteiger partial charge in [-0.2, -0.15) is 0 Å². The van der Waals surface area contributed by atoms with E-state index in [4.69, 9.17) is 5.73 Å². The highest BCUT2D eigenvalue weighted by molar-refractivity contribution is 5.81. The molecule has 0 spiro atoms. The van der Waals surface area contributed by atoms with Crippen molar-refractivity contribution in [2.24, 2.45) is 0 Å². The summed E-state index contributed by atoms with van der Waals surface area (Å²) >= 11 is 0. The Kier molecular flexibility index (Phi) is 6.12. The van der Waals surface area contributed by atoms with E-state index in [0.29, 0.717) is 17.0 Å². The van der Waals surface area contributed by atoms with Crippen LogP contribution in [0.3, 0.4) is 0 Å². The first kappa shape index (κ1) is 16.7. The largest absolute Gasteiger partial charge is 0.391 e. The molecule has 2 aromatic heterocycles. The van der Waals surface area contributed by atoms with Gasteiger partial charge in [0.05, 0.1) is 18.5 Å². The molecule has 0 fully saturated rings. The Bertz CT molecular complexity index is 581. The Balaban J connectivity index is 2.02. The van der Waals surface area contributed by atoms with Crippen LogP contribution in [0.5, 0.6) is 0 Å². The third-order valence-electron chi connectivity index (χ3n) is 4.15. The molecule has 0 saturated carbocycles. The molecule has 0 aliphatic rings. The molecular weight excluding hydrogens is 278 g/mol. The second-order valence-electron chi connectivity index (χ2n) is 5.95. The van der Waals surface area contributed by atoms with Crippen LogP contribution in [0.15, 0.2) is 12.7 Å². The van der Waals surface area contributed by atoms with Gasteiger partial charge in [-0.15, -0.1) is 0 Å². The zero-order valence-electron chi connectivity index (χ0n) is 13.6. The number of nitrogen functional groups attached to an aromatic ring is 1. The van der Waals surface area contributed by atoms with Crippen LogP contribution in [-0.2, 0) is 0 Å². The molecule has 0 aromatic carbocycles. The predicted molar refractivity (Wildman–Crippen MR) is 88.4 cm³/mol. The Hall–Kier alpha value is -1.69. The highest BCUT2D eigenvalue weighted by Gasteiger charge is 2.20. The van der Waals surface area contributed by atoms with E-state index in [1.54, 1.807) is 6.33 Å². The van der Waals surface area contributed by atoms with Gasteiger partial charge >= 0.3 is 0 Å². The molecular formula is C16H27N5O. The lowest BCUT2D eigenvalue weighted by Crippen LogP contribution is -2.21. The predicted octanol–water partition coefficient (Wildman–Crippen LogP) is 3.08. The van der Waals surface area contributed by atoms with E-state index in [0.717, 1.165) is 12.8 Å². The first-order valence-corrected chi connectivity index (χ1v) is 8.26. The number of aromatic nitrogens is 4. The highest BCUT2D eigenvalue weighted by Crippen LogP contribution is 2.25. The Morgan fingerprint density at radius 3 is 2.59 bits per heavy atom. The van der Waals surface area contributed by atoms with Crippen molar-refractivity contribution in [2.45, 2.75) is 70.9 Å². The fourth-order valence-electron chi connectivity index (χ4n) is 2.86. The maximum absolute atomic E-state index is 10.1. The number of rotatable bonds is 9. The molecule has 22 heavy (non-hydrogen) atoms. The van der Waals surface area contributed by atoms with Crippen molar-refractivity contribution in [3.8, 4) is 0 Å². The van der Waals surface area contributed by atoms with Gasteiger partial charge in [0.2, 0.25) is 0 Å². The third-order valence-corrected chi connectivity index (χ3v) is 4.15. The van der Waals surface area contributed by atoms with Crippen LogP contribution < -0.4 is 5.73 Å². The topological polar surface area (TPSA) is 89.8 Å². The quantitative estimate of drug-likeness (QED) is 0.695. The summed E-state index contributed by atoms with van der Waals surface area (Å²) in [6.07, 6.45) is 11.0. The molecule has 6 heteroatoms. The lowest BCUT2D eigenvalue weighted by atomic mass is 10.0. The van der Waals surface area contributed by atoms with E-state index in [1.807, 2.05) is 11.5 Å². The van der Waals surface area contributed by atoms with E-state index in [-0.39, 0.29) is 6.04 Å². The monoisotopic (exact) mass is 305 g/mol. The molecule has 0 saturated heterocycles. The minimum absolute atomic E-state index is 0.0227. The van der Waals surface area contributed by atoms with Crippen molar-refractivity contribution in [1.82, 2.24) is 19.5 Å². The number of aliphatic hydroxyl groups excluding tert-OH is 1. The van der Waals surface area contributed by atoms with Crippen molar-refractivity contribution >= 4 is 17.0 Å². The summed E-state index contributed by atoms with van der Waals surface area (Å²) in [7, 11) is 0. The van der Waals surface area contributed by atoms with Gasteiger partial charge in [-0.05, 0) is 13.3 Å². The second-order valence-corrected chi connectivity index (χ2v) is 5.95. The molecule has 0 bridgehead atoms. The minimum atomic E-state index is -0.454. The number of anilines is 1. The van der Waals surface area contributed by atoms with Crippen LogP contribution in [0.1, 0.15) is 64.8 Å². The fraction of sp³-hybridized carbons (Fsp3) is 0.688. The SMILES string of the molecule is CCCCCCCC[C@H]([C@H](C)O)n1cnc2c(N)ncnc21. The van der Waals surface area contributed by atoms with Crippen LogP contribution in [0.2, 0.25) is 0 Å².